The van der Waals surface area contributed by atoms with Gasteiger partial charge in [0.05, 0.1) is 0 Å². The molecule has 60 valence electrons. The highest BCUT2D eigenvalue weighted by molar-refractivity contribution is 4.78. The monoisotopic (exact) mass is 154 g/mol. The summed E-state index contributed by atoms with van der Waals surface area (Å²) in [6.45, 7) is 3.95. The maximum Gasteiger partial charge on any atom is 0.0433 e. The van der Waals surface area contributed by atoms with Gasteiger partial charge in [0.1, 0.15) is 0 Å². The van der Waals surface area contributed by atoms with Crippen LogP contribution in [0.4, 0.5) is 0 Å². The molecule has 0 heterocycles. The van der Waals surface area contributed by atoms with Gasteiger partial charge in [-0.05, 0) is 17.5 Å². The molecule has 0 saturated heterocycles. The SMILES string of the molecule is CC(C)(CCN=[N+]=[N-])N=[N+]=[N-]. The number of rotatable bonds is 4. The van der Waals surface area contributed by atoms with Gasteiger partial charge in [-0.25, -0.2) is 0 Å². The first-order chi connectivity index (χ1) is 5.12. The molecule has 0 aromatic heterocycles. The molecule has 0 N–H and O–H groups in total. The van der Waals surface area contributed by atoms with E-state index < -0.39 is 5.54 Å². The van der Waals surface area contributed by atoms with Gasteiger partial charge < -0.3 is 0 Å². The molecule has 0 bridgehead atoms. The highest BCUT2D eigenvalue weighted by Crippen LogP contribution is 2.13. The average molecular weight is 154 g/mol. The van der Waals surface area contributed by atoms with Gasteiger partial charge in [-0.3, -0.25) is 0 Å². The highest BCUT2D eigenvalue weighted by Gasteiger charge is 2.13. The largest absolute Gasteiger partial charge is 0.0940 e. The Hall–Kier alpha value is -1.38. The van der Waals surface area contributed by atoms with Crippen molar-refractivity contribution in [3.8, 4) is 0 Å². The molecule has 6 heteroatoms. The van der Waals surface area contributed by atoms with Gasteiger partial charge in [0.25, 0.3) is 0 Å². The Labute approximate surface area is 64.5 Å². The van der Waals surface area contributed by atoms with Crippen molar-refractivity contribution in [1.29, 1.82) is 0 Å². The van der Waals surface area contributed by atoms with Crippen LogP contribution in [-0.2, 0) is 0 Å². The van der Waals surface area contributed by atoms with E-state index in [1.165, 1.54) is 0 Å². The summed E-state index contributed by atoms with van der Waals surface area (Å²) in [6, 6.07) is 0. The van der Waals surface area contributed by atoms with Crippen LogP contribution in [0.5, 0.6) is 0 Å². The van der Waals surface area contributed by atoms with Crippen LogP contribution in [0.1, 0.15) is 20.3 Å². The van der Waals surface area contributed by atoms with E-state index in [1.54, 1.807) is 13.8 Å². The third-order valence-electron chi connectivity index (χ3n) is 1.20. The lowest BCUT2D eigenvalue weighted by Crippen LogP contribution is -2.16. The summed E-state index contributed by atoms with van der Waals surface area (Å²) in [7, 11) is 0. The summed E-state index contributed by atoms with van der Waals surface area (Å²) in [4.78, 5) is 5.27. The first kappa shape index (κ1) is 9.62. The van der Waals surface area contributed by atoms with Crippen molar-refractivity contribution >= 4 is 0 Å². The summed E-state index contributed by atoms with van der Waals surface area (Å²) in [6.07, 6.45) is 0.571. The molecule has 0 fully saturated rings. The fraction of sp³-hybridized carbons (Fsp3) is 1.00. The second-order valence-corrected chi connectivity index (χ2v) is 2.71. The van der Waals surface area contributed by atoms with Gasteiger partial charge in [0.2, 0.25) is 0 Å². The number of azide groups is 2. The van der Waals surface area contributed by atoms with Crippen LogP contribution < -0.4 is 0 Å². The Morgan fingerprint density at radius 1 is 1.27 bits per heavy atom. The minimum Gasteiger partial charge on any atom is -0.0940 e. The Balaban J connectivity index is 3.90. The second-order valence-electron chi connectivity index (χ2n) is 2.71. The maximum absolute atomic E-state index is 8.11. The molecular formula is C5H10N6. The predicted molar refractivity (Wildman–Crippen MR) is 41.9 cm³/mol. The van der Waals surface area contributed by atoms with E-state index in [4.69, 9.17) is 11.1 Å². The molecule has 0 unspecified atom stereocenters. The second kappa shape index (κ2) is 4.44. The lowest BCUT2D eigenvalue weighted by atomic mass is 10.0. The van der Waals surface area contributed by atoms with Crippen molar-refractivity contribution in [3.63, 3.8) is 0 Å². The van der Waals surface area contributed by atoms with Crippen LogP contribution in [0.25, 0.3) is 20.9 Å². The average Bonchev–Trinajstić information content (AvgIpc) is 1.87. The molecule has 0 aromatic rings. The summed E-state index contributed by atoms with van der Waals surface area (Å²) >= 11 is 0. The van der Waals surface area contributed by atoms with E-state index in [2.05, 4.69) is 20.1 Å². The number of hydrogen-bond acceptors (Lipinski definition) is 2. The van der Waals surface area contributed by atoms with Crippen LogP contribution in [0.3, 0.4) is 0 Å². The van der Waals surface area contributed by atoms with Gasteiger partial charge in [0, 0.05) is 21.9 Å². The molecule has 6 nitrogen and oxygen atoms in total. The normalized spacial score (nSPS) is 9.64. The zero-order valence-corrected chi connectivity index (χ0v) is 6.60. The summed E-state index contributed by atoms with van der Waals surface area (Å²) in [5.74, 6) is 0. The van der Waals surface area contributed by atoms with Crippen LogP contribution in [0, 0.1) is 0 Å². The molecule has 0 radical (unpaired) electrons. The van der Waals surface area contributed by atoms with E-state index >= 15 is 0 Å². The minimum atomic E-state index is -0.455. The molecule has 0 aromatic carbocycles. The topological polar surface area (TPSA) is 97.5 Å². The Morgan fingerprint density at radius 2 is 1.91 bits per heavy atom. The molecular weight excluding hydrogens is 144 g/mol. The van der Waals surface area contributed by atoms with Crippen molar-refractivity contribution in [2.45, 2.75) is 25.8 Å². The predicted octanol–water partition coefficient (Wildman–Crippen LogP) is 2.78. The Bertz CT molecular complexity index is 207. The fourth-order valence-corrected chi connectivity index (χ4v) is 0.539. The number of nitrogens with zero attached hydrogens (tertiary/aromatic N) is 6. The van der Waals surface area contributed by atoms with Gasteiger partial charge >= 0.3 is 0 Å². The standard InChI is InChI=1S/C5H10N6/c1-5(2,9-11-7)3-4-8-10-6/h3-4H2,1-2H3. The lowest BCUT2D eigenvalue weighted by molar-refractivity contribution is 0.481. The third-order valence-corrected chi connectivity index (χ3v) is 1.20. The molecule has 0 rings (SSSR count). The Morgan fingerprint density at radius 3 is 2.36 bits per heavy atom. The first-order valence-electron chi connectivity index (χ1n) is 3.19. The molecule has 0 spiro atoms. The minimum absolute atomic E-state index is 0.364. The van der Waals surface area contributed by atoms with Gasteiger partial charge in [-0.2, -0.15) is 0 Å². The van der Waals surface area contributed by atoms with Crippen LogP contribution in [0.2, 0.25) is 0 Å². The van der Waals surface area contributed by atoms with E-state index in [9.17, 15) is 0 Å². The van der Waals surface area contributed by atoms with E-state index in [-0.39, 0.29) is 0 Å². The zero-order valence-electron chi connectivity index (χ0n) is 6.60. The molecule has 0 aliphatic rings. The van der Waals surface area contributed by atoms with Crippen molar-refractivity contribution in [1.82, 2.24) is 0 Å². The van der Waals surface area contributed by atoms with E-state index in [0.717, 1.165) is 0 Å². The summed E-state index contributed by atoms with van der Waals surface area (Å²) < 4.78 is 0. The summed E-state index contributed by atoms with van der Waals surface area (Å²) in [5, 5.41) is 6.86. The first-order valence-corrected chi connectivity index (χ1v) is 3.19. The Kier molecular flexibility index (Phi) is 3.88. The molecule has 0 aliphatic heterocycles. The fourth-order valence-electron chi connectivity index (χ4n) is 0.539. The number of hydrogen-bond donors (Lipinski definition) is 0. The van der Waals surface area contributed by atoms with Crippen LogP contribution in [-0.4, -0.2) is 12.1 Å². The molecule has 11 heavy (non-hydrogen) atoms. The van der Waals surface area contributed by atoms with Crippen molar-refractivity contribution in [2.75, 3.05) is 6.54 Å². The van der Waals surface area contributed by atoms with Crippen molar-refractivity contribution in [2.24, 2.45) is 10.2 Å². The van der Waals surface area contributed by atoms with Gasteiger partial charge in [0.15, 0.2) is 0 Å². The maximum atomic E-state index is 8.11. The molecule has 0 atom stereocenters. The highest BCUT2D eigenvalue weighted by atomic mass is 15.2. The van der Waals surface area contributed by atoms with Gasteiger partial charge in [-0.15, -0.1) is 0 Å². The summed E-state index contributed by atoms with van der Waals surface area (Å²) in [5.41, 5.74) is 15.6. The molecule has 0 amide bonds. The van der Waals surface area contributed by atoms with Gasteiger partial charge in [-0.1, -0.05) is 24.1 Å². The van der Waals surface area contributed by atoms with Crippen LogP contribution in [0.15, 0.2) is 10.2 Å². The smallest absolute Gasteiger partial charge is 0.0433 e. The molecule has 0 aliphatic carbocycles. The van der Waals surface area contributed by atoms with Crippen molar-refractivity contribution < 1.29 is 0 Å². The third kappa shape index (κ3) is 5.08. The van der Waals surface area contributed by atoms with Crippen LogP contribution >= 0.6 is 0 Å². The van der Waals surface area contributed by atoms with E-state index in [1.807, 2.05) is 0 Å². The lowest BCUT2D eigenvalue weighted by Gasteiger charge is -2.14. The molecule has 0 saturated carbocycles. The van der Waals surface area contributed by atoms with E-state index in [0.29, 0.717) is 13.0 Å². The quantitative estimate of drug-likeness (QED) is 0.338. The van der Waals surface area contributed by atoms with Crippen molar-refractivity contribution in [3.05, 3.63) is 20.9 Å². The zero-order chi connectivity index (χ0) is 8.74.